The molecular formula is C10H16N2OS. The smallest absolute Gasteiger partial charge is 0.126 e. The first kappa shape index (κ1) is 11.3. The van der Waals surface area contributed by atoms with Crippen molar-refractivity contribution in [3.05, 3.63) is 18.2 Å². The van der Waals surface area contributed by atoms with Gasteiger partial charge in [-0.15, -0.1) is 0 Å². The molecule has 1 aromatic rings. The average Bonchev–Trinajstić information content (AvgIpc) is 2.17. The number of rotatable bonds is 4. The van der Waals surface area contributed by atoms with Gasteiger partial charge in [-0.1, -0.05) is 17.8 Å². The van der Waals surface area contributed by atoms with Gasteiger partial charge in [0.1, 0.15) is 5.82 Å². The molecule has 0 fully saturated rings. The van der Waals surface area contributed by atoms with Crippen LogP contribution in [0.2, 0.25) is 0 Å². The van der Waals surface area contributed by atoms with E-state index in [1.54, 1.807) is 11.8 Å². The van der Waals surface area contributed by atoms with Gasteiger partial charge in [0, 0.05) is 11.8 Å². The monoisotopic (exact) mass is 212 g/mol. The number of nitrogens with one attached hydrogen (secondary N) is 1. The second kappa shape index (κ2) is 4.66. The van der Waals surface area contributed by atoms with E-state index in [0.29, 0.717) is 0 Å². The maximum Gasteiger partial charge on any atom is 0.126 e. The third-order valence-electron chi connectivity index (χ3n) is 1.74. The van der Waals surface area contributed by atoms with Gasteiger partial charge in [0.15, 0.2) is 0 Å². The molecule has 3 nitrogen and oxygen atoms in total. The predicted octanol–water partition coefficient (Wildman–Crippen LogP) is 1.99. The Balaban J connectivity index is 2.76. The van der Waals surface area contributed by atoms with Crippen LogP contribution < -0.4 is 5.32 Å². The fraction of sp³-hybridized carbons (Fsp3) is 0.500. The van der Waals surface area contributed by atoms with Gasteiger partial charge < -0.3 is 10.4 Å². The molecule has 0 atom stereocenters. The fourth-order valence-electron chi connectivity index (χ4n) is 0.926. The zero-order chi connectivity index (χ0) is 10.6. The molecule has 0 aliphatic rings. The second-order valence-electron chi connectivity index (χ2n) is 3.63. The minimum Gasteiger partial charge on any atom is -0.395 e. The van der Waals surface area contributed by atoms with Crippen LogP contribution in [0.5, 0.6) is 0 Å². The number of aliphatic hydroxyl groups excluding tert-OH is 1. The molecule has 0 radical (unpaired) electrons. The van der Waals surface area contributed by atoms with Crippen LogP contribution in [0.15, 0.2) is 23.2 Å². The summed E-state index contributed by atoms with van der Waals surface area (Å²) in [5.41, 5.74) is 0. The van der Waals surface area contributed by atoms with Crippen LogP contribution in [0.4, 0.5) is 5.82 Å². The van der Waals surface area contributed by atoms with Gasteiger partial charge in [0.25, 0.3) is 0 Å². The summed E-state index contributed by atoms with van der Waals surface area (Å²) in [5, 5.41) is 13.0. The van der Waals surface area contributed by atoms with Crippen molar-refractivity contribution in [3.8, 4) is 0 Å². The summed E-state index contributed by atoms with van der Waals surface area (Å²) in [5.74, 6) is 0.851. The normalized spacial score (nSPS) is 11.4. The SMILES string of the molecule is CNc1cccc(SC(C)(C)CO)n1. The topological polar surface area (TPSA) is 45.1 Å². The lowest BCUT2D eigenvalue weighted by Gasteiger charge is -2.20. The Labute approximate surface area is 88.9 Å². The molecule has 0 unspecified atom stereocenters. The summed E-state index contributed by atoms with van der Waals surface area (Å²) in [6.07, 6.45) is 0. The molecular weight excluding hydrogens is 196 g/mol. The quantitative estimate of drug-likeness (QED) is 0.749. The third kappa shape index (κ3) is 3.20. The Hall–Kier alpha value is -0.740. The van der Waals surface area contributed by atoms with Crippen molar-refractivity contribution >= 4 is 17.6 Å². The molecule has 1 heterocycles. The van der Waals surface area contributed by atoms with Gasteiger partial charge in [-0.2, -0.15) is 0 Å². The number of thioether (sulfide) groups is 1. The average molecular weight is 212 g/mol. The van der Waals surface area contributed by atoms with Crippen LogP contribution in [-0.2, 0) is 0 Å². The summed E-state index contributed by atoms with van der Waals surface area (Å²) in [7, 11) is 1.84. The first-order valence-corrected chi connectivity index (χ1v) is 5.34. The van der Waals surface area contributed by atoms with Gasteiger partial charge in [0.05, 0.1) is 11.6 Å². The molecule has 1 aromatic heterocycles. The summed E-state index contributed by atoms with van der Waals surface area (Å²) >= 11 is 1.57. The number of aromatic nitrogens is 1. The van der Waals surface area contributed by atoms with Crippen LogP contribution in [0.1, 0.15) is 13.8 Å². The first-order chi connectivity index (χ1) is 6.57. The fourth-order valence-corrected chi connectivity index (χ4v) is 1.85. The minimum atomic E-state index is -0.181. The molecule has 0 aliphatic heterocycles. The van der Waals surface area contributed by atoms with E-state index in [2.05, 4.69) is 10.3 Å². The molecule has 0 saturated heterocycles. The molecule has 0 saturated carbocycles. The number of nitrogens with zero attached hydrogens (tertiary/aromatic N) is 1. The summed E-state index contributed by atoms with van der Waals surface area (Å²) in [6, 6.07) is 5.81. The molecule has 14 heavy (non-hydrogen) atoms. The largest absolute Gasteiger partial charge is 0.395 e. The summed E-state index contributed by atoms with van der Waals surface area (Å²) in [4.78, 5) is 4.37. The second-order valence-corrected chi connectivity index (χ2v) is 5.36. The van der Waals surface area contributed by atoms with E-state index in [-0.39, 0.29) is 11.4 Å². The number of pyridine rings is 1. The van der Waals surface area contributed by atoms with E-state index < -0.39 is 0 Å². The third-order valence-corrected chi connectivity index (χ3v) is 2.86. The zero-order valence-electron chi connectivity index (χ0n) is 8.74. The molecule has 0 aliphatic carbocycles. The van der Waals surface area contributed by atoms with Gasteiger partial charge >= 0.3 is 0 Å². The van der Waals surface area contributed by atoms with Crippen molar-refractivity contribution < 1.29 is 5.11 Å². The number of aliphatic hydroxyl groups is 1. The highest BCUT2D eigenvalue weighted by Gasteiger charge is 2.18. The van der Waals surface area contributed by atoms with Gasteiger partial charge in [-0.3, -0.25) is 0 Å². The highest BCUT2D eigenvalue weighted by Crippen LogP contribution is 2.30. The van der Waals surface area contributed by atoms with E-state index in [1.165, 1.54) is 0 Å². The molecule has 4 heteroatoms. The van der Waals surface area contributed by atoms with E-state index in [1.807, 2.05) is 39.1 Å². The lowest BCUT2D eigenvalue weighted by atomic mass is 10.2. The highest BCUT2D eigenvalue weighted by molar-refractivity contribution is 8.00. The maximum atomic E-state index is 9.12. The molecule has 2 N–H and O–H groups in total. The van der Waals surface area contributed by atoms with Crippen molar-refractivity contribution in [1.82, 2.24) is 4.98 Å². The minimum absolute atomic E-state index is 0.142. The van der Waals surface area contributed by atoms with Crippen molar-refractivity contribution in [1.29, 1.82) is 0 Å². The number of hydrogen-bond donors (Lipinski definition) is 2. The molecule has 0 spiro atoms. The van der Waals surface area contributed by atoms with Crippen LogP contribution in [-0.4, -0.2) is 28.5 Å². The molecule has 78 valence electrons. The standard InChI is InChI=1S/C10H16N2OS/c1-10(2,7-13)14-9-6-4-5-8(11-3)12-9/h4-6,13H,7H2,1-3H3,(H,11,12). The zero-order valence-corrected chi connectivity index (χ0v) is 9.56. The molecule has 1 rings (SSSR count). The van der Waals surface area contributed by atoms with Crippen LogP contribution in [0, 0.1) is 0 Å². The summed E-state index contributed by atoms with van der Waals surface area (Å²) < 4.78 is -0.181. The Morgan fingerprint density at radius 1 is 1.50 bits per heavy atom. The Bertz CT molecular complexity index is 302. The Morgan fingerprint density at radius 2 is 2.21 bits per heavy atom. The van der Waals surface area contributed by atoms with Crippen LogP contribution >= 0.6 is 11.8 Å². The summed E-state index contributed by atoms with van der Waals surface area (Å²) in [6.45, 7) is 4.12. The van der Waals surface area contributed by atoms with Gasteiger partial charge in [0.2, 0.25) is 0 Å². The van der Waals surface area contributed by atoms with Crippen molar-refractivity contribution in [2.75, 3.05) is 19.0 Å². The van der Waals surface area contributed by atoms with Gasteiger partial charge in [-0.05, 0) is 26.0 Å². The van der Waals surface area contributed by atoms with E-state index in [9.17, 15) is 0 Å². The van der Waals surface area contributed by atoms with Crippen molar-refractivity contribution in [2.45, 2.75) is 23.6 Å². The lowest BCUT2D eigenvalue weighted by Crippen LogP contribution is -2.19. The highest BCUT2D eigenvalue weighted by atomic mass is 32.2. The van der Waals surface area contributed by atoms with Crippen LogP contribution in [0.25, 0.3) is 0 Å². The number of anilines is 1. The Morgan fingerprint density at radius 3 is 2.79 bits per heavy atom. The van der Waals surface area contributed by atoms with Crippen molar-refractivity contribution in [2.24, 2.45) is 0 Å². The predicted molar refractivity (Wildman–Crippen MR) is 60.8 cm³/mol. The van der Waals surface area contributed by atoms with E-state index >= 15 is 0 Å². The van der Waals surface area contributed by atoms with E-state index in [0.717, 1.165) is 10.8 Å². The van der Waals surface area contributed by atoms with Crippen molar-refractivity contribution in [3.63, 3.8) is 0 Å². The van der Waals surface area contributed by atoms with Crippen LogP contribution in [0.3, 0.4) is 0 Å². The maximum absolute atomic E-state index is 9.12. The number of hydrogen-bond acceptors (Lipinski definition) is 4. The lowest BCUT2D eigenvalue weighted by molar-refractivity contribution is 0.265. The molecule has 0 amide bonds. The first-order valence-electron chi connectivity index (χ1n) is 4.52. The molecule has 0 aromatic carbocycles. The van der Waals surface area contributed by atoms with Gasteiger partial charge in [-0.25, -0.2) is 4.98 Å². The molecule has 0 bridgehead atoms. The van der Waals surface area contributed by atoms with E-state index in [4.69, 9.17) is 5.11 Å². The Kier molecular flexibility index (Phi) is 3.77.